The van der Waals surface area contributed by atoms with Gasteiger partial charge < -0.3 is 4.55 Å². The van der Waals surface area contributed by atoms with E-state index in [1.54, 1.807) is 0 Å². The molecule has 0 bridgehead atoms. The molecular formula is C6H4NNaO5S2. The number of rotatable bonds is 2. The molecule has 1 aromatic carbocycles. The standard InChI is InChI=1S/C6H5NO5S2.Na/c8-7(9)5-3-4(14(10,11)12)1-2-6(5)13;/h1-3,13H,(H,10,11,12);/q;+1/p-1. The van der Waals surface area contributed by atoms with Gasteiger partial charge in [-0.1, -0.05) is 0 Å². The molecule has 0 aromatic heterocycles. The van der Waals surface area contributed by atoms with Crippen LogP contribution in [0.2, 0.25) is 0 Å². The first-order chi connectivity index (χ1) is 6.32. The Morgan fingerprint density at radius 3 is 2.27 bits per heavy atom. The monoisotopic (exact) mass is 257 g/mol. The Hall–Kier alpha value is -0.120. The first-order valence-electron chi connectivity index (χ1n) is 3.25. The fourth-order valence-electron chi connectivity index (χ4n) is 0.805. The van der Waals surface area contributed by atoms with Crippen LogP contribution in [0.25, 0.3) is 0 Å². The summed E-state index contributed by atoms with van der Waals surface area (Å²) in [6.07, 6.45) is 0. The fourth-order valence-corrected chi connectivity index (χ4v) is 1.52. The molecule has 0 saturated carbocycles. The van der Waals surface area contributed by atoms with E-state index in [1.165, 1.54) is 0 Å². The average Bonchev–Trinajstić information content (AvgIpc) is 2.02. The van der Waals surface area contributed by atoms with Crippen LogP contribution in [0.4, 0.5) is 5.69 Å². The van der Waals surface area contributed by atoms with E-state index in [1.807, 2.05) is 0 Å². The molecule has 6 nitrogen and oxygen atoms in total. The molecule has 0 N–H and O–H groups in total. The summed E-state index contributed by atoms with van der Waals surface area (Å²) in [4.78, 5) is 8.92. The Labute approximate surface area is 113 Å². The second kappa shape index (κ2) is 5.28. The van der Waals surface area contributed by atoms with Crippen molar-refractivity contribution in [2.75, 3.05) is 0 Å². The molecule has 0 spiro atoms. The molecule has 15 heavy (non-hydrogen) atoms. The largest absolute Gasteiger partial charge is 1.00 e. The quantitative estimate of drug-likeness (QED) is 0.213. The molecule has 9 heteroatoms. The summed E-state index contributed by atoms with van der Waals surface area (Å²) >= 11 is 3.74. The SMILES string of the molecule is O=[N+]([O-])c1cc(S(=O)(=O)[O-])ccc1S.[Na+]. The Morgan fingerprint density at radius 2 is 1.87 bits per heavy atom. The van der Waals surface area contributed by atoms with Crippen molar-refractivity contribution in [1.82, 2.24) is 0 Å². The molecule has 1 rings (SSSR count). The first-order valence-corrected chi connectivity index (χ1v) is 5.11. The van der Waals surface area contributed by atoms with Gasteiger partial charge in [0, 0.05) is 6.07 Å². The maximum atomic E-state index is 10.5. The summed E-state index contributed by atoms with van der Waals surface area (Å²) in [6, 6.07) is 2.74. The van der Waals surface area contributed by atoms with Gasteiger partial charge in [0.2, 0.25) is 0 Å². The van der Waals surface area contributed by atoms with E-state index in [-0.39, 0.29) is 34.5 Å². The third-order valence-electron chi connectivity index (χ3n) is 1.43. The predicted molar refractivity (Wildman–Crippen MR) is 48.3 cm³/mol. The second-order valence-corrected chi connectivity index (χ2v) is 4.22. The number of hydrogen-bond donors (Lipinski definition) is 1. The maximum Gasteiger partial charge on any atom is 1.00 e. The van der Waals surface area contributed by atoms with Crippen molar-refractivity contribution in [3.63, 3.8) is 0 Å². The summed E-state index contributed by atoms with van der Waals surface area (Å²) in [5, 5.41) is 10.4. The van der Waals surface area contributed by atoms with Gasteiger partial charge in [-0.2, -0.15) is 0 Å². The van der Waals surface area contributed by atoms with E-state index in [4.69, 9.17) is 0 Å². The molecular weight excluding hydrogens is 253 g/mol. The van der Waals surface area contributed by atoms with Crippen molar-refractivity contribution in [2.45, 2.75) is 9.79 Å². The second-order valence-electron chi connectivity index (χ2n) is 2.36. The zero-order valence-corrected chi connectivity index (χ0v) is 11.3. The van der Waals surface area contributed by atoms with E-state index < -0.39 is 25.6 Å². The number of hydrogen-bond acceptors (Lipinski definition) is 6. The van der Waals surface area contributed by atoms with E-state index in [2.05, 4.69) is 12.6 Å². The Bertz CT molecular complexity index is 486. The Kier molecular flexibility index (Phi) is 5.24. The number of nitro benzene ring substituents is 1. The molecule has 0 aliphatic rings. The minimum Gasteiger partial charge on any atom is -0.744 e. The smallest absolute Gasteiger partial charge is 0.744 e. The van der Waals surface area contributed by atoms with Crippen molar-refractivity contribution in [3.8, 4) is 0 Å². The number of nitrogens with zero attached hydrogens (tertiary/aromatic N) is 1. The zero-order chi connectivity index (χ0) is 10.9. The Morgan fingerprint density at radius 1 is 1.33 bits per heavy atom. The summed E-state index contributed by atoms with van der Waals surface area (Å²) in [5.41, 5.74) is -0.509. The fraction of sp³-hybridized carbons (Fsp3) is 0. The minimum atomic E-state index is -4.66. The maximum absolute atomic E-state index is 10.5. The summed E-state index contributed by atoms with van der Waals surface area (Å²) in [7, 11) is -4.66. The average molecular weight is 257 g/mol. The van der Waals surface area contributed by atoms with Crippen molar-refractivity contribution in [1.29, 1.82) is 0 Å². The molecule has 0 amide bonds. The van der Waals surface area contributed by atoms with Crippen LogP contribution in [0.5, 0.6) is 0 Å². The van der Waals surface area contributed by atoms with E-state index in [0.29, 0.717) is 6.07 Å². The van der Waals surface area contributed by atoms with Gasteiger partial charge in [-0.3, -0.25) is 10.1 Å². The van der Waals surface area contributed by atoms with Crippen LogP contribution < -0.4 is 29.6 Å². The van der Waals surface area contributed by atoms with Gasteiger partial charge >= 0.3 is 29.6 Å². The topological polar surface area (TPSA) is 100 Å². The minimum absolute atomic E-state index is 0. The summed E-state index contributed by atoms with van der Waals surface area (Å²) in [5.74, 6) is 0. The van der Waals surface area contributed by atoms with Crippen LogP contribution in [0, 0.1) is 10.1 Å². The van der Waals surface area contributed by atoms with E-state index in [0.717, 1.165) is 12.1 Å². The number of thiol groups is 1. The molecule has 0 aliphatic carbocycles. The van der Waals surface area contributed by atoms with Gasteiger partial charge in [0.1, 0.15) is 10.1 Å². The van der Waals surface area contributed by atoms with Gasteiger partial charge in [-0.25, -0.2) is 8.42 Å². The van der Waals surface area contributed by atoms with Crippen molar-refractivity contribution in [3.05, 3.63) is 28.3 Å². The predicted octanol–water partition coefficient (Wildman–Crippen LogP) is -2.21. The van der Waals surface area contributed by atoms with Gasteiger partial charge in [-0.15, -0.1) is 12.6 Å². The molecule has 0 heterocycles. The van der Waals surface area contributed by atoms with Crippen molar-refractivity contribution < 1.29 is 47.5 Å². The molecule has 0 saturated heterocycles. The van der Waals surface area contributed by atoms with Crippen LogP contribution in [0.3, 0.4) is 0 Å². The molecule has 0 fully saturated rings. The molecule has 0 radical (unpaired) electrons. The normalized spacial score (nSPS) is 10.5. The number of benzene rings is 1. The van der Waals surface area contributed by atoms with E-state index >= 15 is 0 Å². The zero-order valence-electron chi connectivity index (χ0n) is 7.58. The molecule has 0 aliphatic heterocycles. The Balaban J connectivity index is 0.00000196. The van der Waals surface area contributed by atoms with Crippen molar-refractivity contribution in [2.24, 2.45) is 0 Å². The number of nitro groups is 1. The summed E-state index contributed by atoms with van der Waals surface area (Å²) in [6.45, 7) is 0. The van der Waals surface area contributed by atoms with Crippen molar-refractivity contribution >= 4 is 28.4 Å². The molecule has 0 unspecified atom stereocenters. The first kappa shape index (κ1) is 14.9. The third-order valence-corrected chi connectivity index (χ3v) is 2.64. The van der Waals surface area contributed by atoms with Gasteiger partial charge in [0.05, 0.1) is 14.7 Å². The van der Waals surface area contributed by atoms with Crippen LogP contribution in [-0.2, 0) is 10.1 Å². The van der Waals surface area contributed by atoms with Crippen LogP contribution >= 0.6 is 12.6 Å². The van der Waals surface area contributed by atoms with Crippen LogP contribution in [-0.4, -0.2) is 17.9 Å². The van der Waals surface area contributed by atoms with Gasteiger partial charge in [-0.05, 0) is 12.1 Å². The summed E-state index contributed by atoms with van der Waals surface area (Å²) < 4.78 is 31.5. The molecule has 0 atom stereocenters. The van der Waals surface area contributed by atoms with E-state index in [9.17, 15) is 23.1 Å². The molecule has 1 aromatic rings. The van der Waals surface area contributed by atoms with Crippen LogP contribution in [0.1, 0.15) is 0 Å². The molecule has 76 valence electrons. The van der Waals surface area contributed by atoms with Gasteiger partial charge in [0.15, 0.2) is 0 Å². The van der Waals surface area contributed by atoms with Gasteiger partial charge in [0.25, 0.3) is 5.69 Å². The third kappa shape index (κ3) is 3.74. The van der Waals surface area contributed by atoms with Crippen LogP contribution in [0.15, 0.2) is 28.0 Å².